The molecule has 1 heterocycles. The lowest BCUT2D eigenvalue weighted by atomic mass is 10.2. The Morgan fingerprint density at radius 3 is 2.69 bits per heavy atom. The van der Waals surface area contributed by atoms with Crippen LogP contribution in [0.25, 0.3) is 0 Å². The van der Waals surface area contributed by atoms with Crippen LogP contribution < -0.4 is 10.6 Å². The zero-order valence-corrected chi connectivity index (χ0v) is 8.79. The van der Waals surface area contributed by atoms with Crippen molar-refractivity contribution in [2.45, 2.75) is 20.4 Å². The largest absolute Gasteiger partial charge is 0.366 e. The average molecular weight is 199 g/mol. The van der Waals surface area contributed by atoms with Crippen LogP contribution in [-0.4, -0.2) is 17.3 Å². The highest BCUT2D eigenvalue weighted by atomic mass is 32.1. The molecule has 0 aliphatic rings. The third-order valence-electron chi connectivity index (χ3n) is 1.83. The smallest absolute Gasteiger partial charge is 0.166 e. The van der Waals surface area contributed by atoms with Gasteiger partial charge in [-0.1, -0.05) is 5.16 Å². The van der Waals surface area contributed by atoms with Gasteiger partial charge in [-0.15, -0.1) is 0 Å². The van der Waals surface area contributed by atoms with Gasteiger partial charge < -0.3 is 15.2 Å². The monoisotopic (exact) mass is 199 g/mol. The number of nitrogens with one attached hydrogen (secondary N) is 2. The van der Waals surface area contributed by atoms with E-state index in [4.69, 9.17) is 16.7 Å². The normalized spacial score (nSPS) is 9.77. The van der Waals surface area contributed by atoms with E-state index in [0.29, 0.717) is 11.7 Å². The van der Waals surface area contributed by atoms with Crippen molar-refractivity contribution >= 4 is 17.3 Å². The highest BCUT2D eigenvalue weighted by Gasteiger charge is 2.07. The molecule has 0 aliphatic carbocycles. The Kier molecular flexibility index (Phi) is 3.25. The standard InChI is InChI=1S/C8H13N3OS/c1-5-7(6(2)12-11-5)4-10-8(13)9-3/h4H2,1-3H3,(H2,9,10,13). The van der Waals surface area contributed by atoms with E-state index in [-0.39, 0.29) is 0 Å². The number of aryl methyl sites for hydroxylation is 2. The molecule has 0 bridgehead atoms. The van der Waals surface area contributed by atoms with Crippen molar-refractivity contribution in [3.63, 3.8) is 0 Å². The molecule has 0 unspecified atom stereocenters. The zero-order chi connectivity index (χ0) is 9.84. The van der Waals surface area contributed by atoms with E-state index >= 15 is 0 Å². The van der Waals surface area contributed by atoms with E-state index in [1.807, 2.05) is 13.8 Å². The van der Waals surface area contributed by atoms with Crippen molar-refractivity contribution in [1.82, 2.24) is 15.8 Å². The zero-order valence-electron chi connectivity index (χ0n) is 7.97. The molecule has 0 saturated heterocycles. The predicted octanol–water partition coefficient (Wildman–Crippen LogP) is 0.885. The fourth-order valence-electron chi connectivity index (χ4n) is 1.01. The van der Waals surface area contributed by atoms with E-state index in [1.165, 1.54) is 0 Å². The van der Waals surface area contributed by atoms with E-state index in [0.717, 1.165) is 17.0 Å². The van der Waals surface area contributed by atoms with Gasteiger partial charge in [-0.25, -0.2) is 0 Å². The number of hydrogen-bond acceptors (Lipinski definition) is 3. The molecule has 0 atom stereocenters. The maximum absolute atomic E-state index is 5.01. The van der Waals surface area contributed by atoms with Crippen LogP contribution in [0.5, 0.6) is 0 Å². The summed E-state index contributed by atoms with van der Waals surface area (Å²) in [6.07, 6.45) is 0. The van der Waals surface area contributed by atoms with E-state index < -0.39 is 0 Å². The Morgan fingerprint density at radius 2 is 2.23 bits per heavy atom. The highest BCUT2D eigenvalue weighted by Crippen LogP contribution is 2.10. The maximum atomic E-state index is 5.01. The van der Waals surface area contributed by atoms with Crippen LogP contribution in [0.3, 0.4) is 0 Å². The Labute approximate surface area is 82.7 Å². The van der Waals surface area contributed by atoms with Gasteiger partial charge in [0.1, 0.15) is 5.76 Å². The Morgan fingerprint density at radius 1 is 1.54 bits per heavy atom. The molecule has 1 aromatic heterocycles. The summed E-state index contributed by atoms with van der Waals surface area (Å²) in [5.41, 5.74) is 1.97. The molecular weight excluding hydrogens is 186 g/mol. The molecule has 72 valence electrons. The summed E-state index contributed by atoms with van der Waals surface area (Å²) in [6.45, 7) is 4.45. The van der Waals surface area contributed by atoms with E-state index in [9.17, 15) is 0 Å². The Bertz CT molecular complexity index is 289. The molecule has 0 aliphatic heterocycles. The molecule has 4 nitrogen and oxygen atoms in total. The number of thiocarbonyl (C=S) groups is 1. The van der Waals surface area contributed by atoms with Crippen molar-refractivity contribution in [3.8, 4) is 0 Å². The van der Waals surface area contributed by atoms with Gasteiger partial charge in [-0.05, 0) is 26.1 Å². The minimum absolute atomic E-state index is 0.625. The van der Waals surface area contributed by atoms with Gasteiger partial charge in [0, 0.05) is 19.2 Å². The van der Waals surface area contributed by atoms with Gasteiger partial charge in [0.25, 0.3) is 0 Å². The SMILES string of the molecule is CNC(=S)NCc1c(C)noc1C. The first-order valence-electron chi connectivity index (χ1n) is 4.02. The molecule has 13 heavy (non-hydrogen) atoms. The van der Waals surface area contributed by atoms with Crippen molar-refractivity contribution < 1.29 is 4.52 Å². The molecule has 5 heteroatoms. The number of aromatic nitrogens is 1. The lowest BCUT2D eigenvalue weighted by molar-refractivity contribution is 0.392. The number of hydrogen-bond donors (Lipinski definition) is 2. The second kappa shape index (κ2) is 4.23. The van der Waals surface area contributed by atoms with Crippen LogP contribution in [0.1, 0.15) is 17.0 Å². The van der Waals surface area contributed by atoms with Crippen molar-refractivity contribution in [2.24, 2.45) is 0 Å². The van der Waals surface area contributed by atoms with E-state index in [2.05, 4.69) is 15.8 Å². The third-order valence-corrected chi connectivity index (χ3v) is 2.18. The summed E-state index contributed by atoms with van der Waals surface area (Å²) in [4.78, 5) is 0. The average Bonchev–Trinajstić information content (AvgIpc) is 2.43. The second-order valence-corrected chi connectivity index (χ2v) is 3.14. The Hall–Kier alpha value is -1.10. The van der Waals surface area contributed by atoms with E-state index in [1.54, 1.807) is 7.05 Å². The van der Waals surface area contributed by atoms with Gasteiger partial charge in [-0.3, -0.25) is 0 Å². The molecule has 2 N–H and O–H groups in total. The van der Waals surface area contributed by atoms with Crippen LogP contribution in [0.2, 0.25) is 0 Å². The summed E-state index contributed by atoms with van der Waals surface area (Å²) in [5.74, 6) is 0.837. The van der Waals surface area contributed by atoms with Crippen LogP contribution >= 0.6 is 12.2 Å². The molecular formula is C8H13N3OS. The van der Waals surface area contributed by atoms with Crippen molar-refractivity contribution in [3.05, 3.63) is 17.0 Å². The summed E-state index contributed by atoms with van der Waals surface area (Å²) in [6, 6.07) is 0. The molecule has 0 saturated carbocycles. The van der Waals surface area contributed by atoms with Crippen LogP contribution in [0, 0.1) is 13.8 Å². The molecule has 0 radical (unpaired) electrons. The van der Waals surface area contributed by atoms with Gasteiger partial charge in [0.15, 0.2) is 5.11 Å². The van der Waals surface area contributed by atoms with Crippen LogP contribution in [0.15, 0.2) is 4.52 Å². The first-order valence-corrected chi connectivity index (χ1v) is 4.43. The van der Waals surface area contributed by atoms with Crippen molar-refractivity contribution in [2.75, 3.05) is 7.05 Å². The first-order chi connectivity index (χ1) is 6.15. The minimum atomic E-state index is 0.625. The summed E-state index contributed by atoms with van der Waals surface area (Å²) in [5, 5.41) is 10.3. The van der Waals surface area contributed by atoms with Gasteiger partial charge in [-0.2, -0.15) is 0 Å². The minimum Gasteiger partial charge on any atom is -0.366 e. The fraction of sp³-hybridized carbons (Fsp3) is 0.500. The first kappa shape index (κ1) is 9.98. The van der Waals surface area contributed by atoms with Gasteiger partial charge in [0.05, 0.1) is 5.69 Å². The fourth-order valence-corrected chi connectivity index (χ4v) is 1.08. The second-order valence-electron chi connectivity index (χ2n) is 2.74. The molecule has 0 spiro atoms. The van der Waals surface area contributed by atoms with Crippen LogP contribution in [0.4, 0.5) is 0 Å². The lowest BCUT2D eigenvalue weighted by Gasteiger charge is -2.05. The lowest BCUT2D eigenvalue weighted by Crippen LogP contribution is -2.32. The number of rotatable bonds is 2. The molecule has 0 amide bonds. The molecule has 0 aromatic carbocycles. The van der Waals surface area contributed by atoms with Crippen molar-refractivity contribution in [1.29, 1.82) is 0 Å². The topological polar surface area (TPSA) is 50.1 Å². The quantitative estimate of drug-likeness (QED) is 0.693. The number of nitrogens with zero attached hydrogens (tertiary/aromatic N) is 1. The van der Waals surface area contributed by atoms with Gasteiger partial charge in [0.2, 0.25) is 0 Å². The van der Waals surface area contributed by atoms with Crippen LogP contribution in [-0.2, 0) is 6.54 Å². The van der Waals surface area contributed by atoms with Gasteiger partial charge >= 0.3 is 0 Å². The summed E-state index contributed by atoms with van der Waals surface area (Å²) < 4.78 is 5.01. The highest BCUT2D eigenvalue weighted by molar-refractivity contribution is 7.80. The molecule has 1 aromatic rings. The molecule has 0 fully saturated rings. The third kappa shape index (κ3) is 2.42. The summed E-state index contributed by atoms with van der Waals surface area (Å²) in [7, 11) is 1.78. The Balaban J connectivity index is 2.58. The summed E-state index contributed by atoms with van der Waals surface area (Å²) >= 11 is 4.94. The predicted molar refractivity (Wildman–Crippen MR) is 54.5 cm³/mol. The maximum Gasteiger partial charge on any atom is 0.166 e. The molecule has 1 rings (SSSR count).